The number of rotatable bonds is 2. The van der Waals surface area contributed by atoms with Crippen molar-refractivity contribution in [3.63, 3.8) is 0 Å². The molecule has 2 rings (SSSR count). The van der Waals surface area contributed by atoms with E-state index in [0.717, 1.165) is 0 Å². The van der Waals surface area contributed by atoms with Gasteiger partial charge in [0.2, 0.25) is 0 Å². The number of benzene rings is 1. The molecule has 1 aromatic rings. The summed E-state index contributed by atoms with van der Waals surface area (Å²) in [5.41, 5.74) is 0.519. The summed E-state index contributed by atoms with van der Waals surface area (Å²) in [4.78, 5) is 25.4. The van der Waals surface area contributed by atoms with Crippen LogP contribution in [0.4, 0.5) is 0 Å². The number of carbonyl (C=O) groups excluding carboxylic acids is 2. The normalized spacial score (nSPS) is 19.1. The van der Waals surface area contributed by atoms with Crippen LogP contribution in [0.3, 0.4) is 0 Å². The average molecular weight is 283 g/mol. The minimum absolute atomic E-state index is 0.139. The second-order valence-electron chi connectivity index (χ2n) is 4.24. The van der Waals surface area contributed by atoms with E-state index in [1.807, 2.05) is 0 Å². The largest absolute Gasteiger partial charge is 0.365 e. The number of morpholine rings is 1. The van der Waals surface area contributed by atoms with E-state index >= 15 is 0 Å². The number of hydrogen-bond acceptors (Lipinski definition) is 3. The smallest absolute Gasteiger partial charge is 0.254 e. The van der Waals surface area contributed by atoms with Crippen LogP contribution in [-0.2, 0) is 9.53 Å². The summed E-state index contributed by atoms with van der Waals surface area (Å²) in [5.74, 6) is -0.358. The van der Waals surface area contributed by atoms with Gasteiger partial charge in [0.05, 0.1) is 13.2 Å². The van der Waals surface area contributed by atoms with E-state index in [0.29, 0.717) is 23.7 Å². The standard InChI is InChI=1S/C13H15ClN2O3/c1-15-12(17)11-8-16(5-6-19-11)13(18)9-3-2-4-10(14)7-9/h2-4,7,11H,5-6,8H2,1H3,(H,15,17). The Bertz CT molecular complexity index is 493. The number of nitrogens with zero attached hydrogens (tertiary/aromatic N) is 1. The van der Waals surface area contributed by atoms with Crippen LogP contribution in [-0.4, -0.2) is 49.6 Å². The summed E-state index contributed by atoms with van der Waals surface area (Å²) >= 11 is 5.87. The molecule has 102 valence electrons. The number of ether oxygens (including phenoxy) is 1. The highest BCUT2D eigenvalue weighted by Gasteiger charge is 2.29. The number of amides is 2. The van der Waals surface area contributed by atoms with Gasteiger partial charge in [-0.1, -0.05) is 17.7 Å². The minimum Gasteiger partial charge on any atom is -0.365 e. The number of carbonyl (C=O) groups is 2. The fourth-order valence-electron chi connectivity index (χ4n) is 1.96. The van der Waals surface area contributed by atoms with E-state index in [4.69, 9.17) is 16.3 Å². The molecule has 6 heteroatoms. The fraction of sp³-hybridized carbons (Fsp3) is 0.385. The second kappa shape index (κ2) is 6.04. The van der Waals surface area contributed by atoms with Crippen LogP contribution < -0.4 is 5.32 Å². The van der Waals surface area contributed by atoms with Crippen molar-refractivity contribution in [3.8, 4) is 0 Å². The third kappa shape index (κ3) is 3.24. The van der Waals surface area contributed by atoms with Gasteiger partial charge >= 0.3 is 0 Å². The highest BCUT2D eigenvalue weighted by molar-refractivity contribution is 6.30. The Morgan fingerprint density at radius 3 is 2.95 bits per heavy atom. The topological polar surface area (TPSA) is 58.6 Å². The molecule has 1 aliphatic heterocycles. The van der Waals surface area contributed by atoms with Crippen molar-refractivity contribution in [1.29, 1.82) is 0 Å². The van der Waals surface area contributed by atoms with E-state index in [2.05, 4.69) is 5.32 Å². The van der Waals surface area contributed by atoms with Crippen LogP contribution >= 0.6 is 11.6 Å². The molecule has 19 heavy (non-hydrogen) atoms. The molecule has 1 unspecified atom stereocenters. The molecule has 1 aliphatic rings. The summed E-state index contributed by atoms with van der Waals surface area (Å²) in [6, 6.07) is 6.77. The van der Waals surface area contributed by atoms with Crippen molar-refractivity contribution in [2.45, 2.75) is 6.10 Å². The van der Waals surface area contributed by atoms with Crippen molar-refractivity contribution in [1.82, 2.24) is 10.2 Å². The van der Waals surface area contributed by atoms with Crippen LogP contribution in [0.2, 0.25) is 5.02 Å². The number of nitrogens with one attached hydrogen (secondary N) is 1. The average Bonchev–Trinajstić information content (AvgIpc) is 2.45. The summed E-state index contributed by atoms with van der Waals surface area (Å²) in [6.45, 7) is 1.08. The van der Waals surface area contributed by atoms with Crippen molar-refractivity contribution in [2.24, 2.45) is 0 Å². The molecule has 5 nitrogen and oxygen atoms in total. The molecular formula is C13H15ClN2O3. The van der Waals surface area contributed by atoms with Gasteiger partial charge in [-0.3, -0.25) is 9.59 Å². The third-order valence-electron chi connectivity index (χ3n) is 2.96. The maximum atomic E-state index is 12.3. The van der Waals surface area contributed by atoms with Gasteiger partial charge < -0.3 is 15.0 Å². The molecule has 0 aliphatic carbocycles. The van der Waals surface area contributed by atoms with E-state index in [9.17, 15) is 9.59 Å². The minimum atomic E-state index is -0.609. The molecular weight excluding hydrogens is 268 g/mol. The van der Waals surface area contributed by atoms with Gasteiger partial charge in [0.15, 0.2) is 6.10 Å². The fourth-order valence-corrected chi connectivity index (χ4v) is 2.15. The Kier molecular flexibility index (Phi) is 4.39. The lowest BCUT2D eigenvalue weighted by atomic mass is 10.1. The zero-order valence-corrected chi connectivity index (χ0v) is 11.3. The molecule has 0 aromatic heterocycles. The van der Waals surface area contributed by atoms with Gasteiger partial charge in [-0.15, -0.1) is 0 Å². The van der Waals surface area contributed by atoms with Crippen LogP contribution in [0.1, 0.15) is 10.4 Å². The van der Waals surface area contributed by atoms with Crippen molar-refractivity contribution >= 4 is 23.4 Å². The summed E-state index contributed by atoms with van der Waals surface area (Å²) in [6.07, 6.45) is -0.609. The van der Waals surface area contributed by atoms with Gasteiger partial charge in [-0.25, -0.2) is 0 Å². The van der Waals surface area contributed by atoms with Gasteiger partial charge in [-0.05, 0) is 18.2 Å². The van der Waals surface area contributed by atoms with Gasteiger partial charge in [0, 0.05) is 24.2 Å². The Balaban J connectivity index is 2.09. The Morgan fingerprint density at radius 2 is 2.26 bits per heavy atom. The molecule has 0 saturated carbocycles. The molecule has 0 spiro atoms. The predicted octanol–water partition coefficient (Wildman–Crippen LogP) is 0.927. The molecule has 1 fully saturated rings. The van der Waals surface area contributed by atoms with Crippen molar-refractivity contribution < 1.29 is 14.3 Å². The number of likely N-dealkylation sites (N-methyl/N-ethyl adjacent to an activating group) is 1. The lowest BCUT2D eigenvalue weighted by molar-refractivity contribution is -0.136. The van der Waals surface area contributed by atoms with Crippen LogP contribution in [0.25, 0.3) is 0 Å². The molecule has 0 radical (unpaired) electrons. The van der Waals surface area contributed by atoms with Crippen LogP contribution in [0.15, 0.2) is 24.3 Å². The first kappa shape index (κ1) is 13.8. The molecule has 1 N–H and O–H groups in total. The molecule has 0 bridgehead atoms. The zero-order valence-electron chi connectivity index (χ0n) is 10.6. The van der Waals surface area contributed by atoms with E-state index in [1.54, 1.807) is 36.2 Å². The molecule has 1 atom stereocenters. The van der Waals surface area contributed by atoms with Gasteiger partial charge in [-0.2, -0.15) is 0 Å². The molecule has 1 heterocycles. The maximum Gasteiger partial charge on any atom is 0.254 e. The van der Waals surface area contributed by atoms with Gasteiger partial charge in [0.1, 0.15) is 0 Å². The molecule has 1 saturated heterocycles. The highest BCUT2D eigenvalue weighted by Crippen LogP contribution is 2.15. The monoisotopic (exact) mass is 282 g/mol. The van der Waals surface area contributed by atoms with E-state index in [-0.39, 0.29) is 18.4 Å². The second-order valence-corrected chi connectivity index (χ2v) is 4.67. The first-order valence-corrected chi connectivity index (χ1v) is 6.37. The summed E-state index contributed by atoms with van der Waals surface area (Å²) in [5, 5.41) is 3.04. The van der Waals surface area contributed by atoms with Crippen LogP contribution in [0.5, 0.6) is 0 Å². The number of hydrogen-bond donors (Lipinski definition) is 1. The predicted molar refractivity (Wildman–Crippen MR) is 71.2 cm³/mol. The van der Waals surface area contributed by atoms with Gasteiger partial charge in [0.25, 0.3) is 11.8 Å². The Morgan fingerprint density at radius 1 is 1.47 bits per heavy atom. The van der Waals surface area contributed by atoms with Crippen molar-refractivity contribution in [3.05, 3.63) is 34.9 Å². The first-order chi connectivity index (χ1) is 9.11. The number of halogens is 1. The quantitative estimate of drug-likeness (QED) is 0.878. The van der Waals surface area contributed by atoms with Crippen molar-refractivity contribution in [2.75, 3.05) is 26.7 Å². The highest BCUT2D eigenvalue weighted by atomic mass is 35.5. The lowest BCUT2D eigenvalue weighted by Crippen LogP contribution is -2.51. The maximum absolute atomic E-state index is 12.3. The summed E-state index contributed by atoms with van der Waals surface area (Å²) in [7, 11) is 1.55. The Labute approximate surface area is 116 Å². The molecule has 1 aromatic carbocycles. The third-order valence-corrected chi connectivity index (χ3v) is 3.20. The molecule has 2 amide bonds. The van der Waals surface area contributed by atoms with E-state index < -0.39 is 6.10 Å². The summed E-state index contributed by atoms with van der Waals surface area (Å²) < 4.78 is 5.34. The lowest BCUT2D eigenvalue weighted by Gasteiger charge is -2.32. The Hall–Kier alpha value is -1.59. The zero-order chi connectivity index (χ0) is 13.8. The van der Waals surface area contributed by atoms with Crippen LogP contribution in [0, 0.1) is 0 Å². The SMILES string of the molecule is CNC(=O)C1CN(C(=O)c2cccc(Cl)c2)CCO1. The van der Waals surface area contributed by atoms with E-state index in [1.165, 1.54) is 0 Å². The first-order valence-electron chi connectivity index (χ1n) is 6.00.